The number of rotatable bonds is 7. The number of amides is 1. The summed E-state index contributed by atoms with van der Waals surface area (Å²) in [4.78, 5) is 53.9. The molecule has 0 fully saturated rings. The minimum absolute atomic E-state index is 0.00700. The van der Waals surface area contributed by atoms with Crippen molar-refractivity contribution in [2.75, 3.05) is 6.61 Å². The third-order valence-electron chi connectivity index (χ3n) is 5.69. The third-order valence-corrected chi connectivity index (χ3v) is 5.69. The molecule has 192 valence electrons. The average molecular weight is 513 g/mol. The molecule has 1 atom stereocenters. The Balaban J connectivity index is 1.51. The molecule has 13 heteroatoms. The Bertz CT molecular complexity index is 1600. The predicted octanol–water partition coefficient (Wildman–Crippen LogP) is 2.21. The molecule has 0 spiro atoms. The predicted molar refractivity (Wildman–Crippen MR) is 125 cm³/mol. The summed E-state index contributed by atoms with van der Waals surface area (Å²) >= 11 is 0. The number of hydrogen-bond acceptors (Lipinski definition) is 7. The molecule has 0 saturated carbocycles. The molecule has 1 aromatic carbocycles. The first-order valence-corrected chi connectivity index (χ1v) is 11.0. The topological polar surface area (TPSA) is 137 Å². The van der Waals surface area contributed by atoms with Crippen LogP contribution in [0.5, 0.6) is 5.75 Å². The number of carbonyl (C=O) groups excluding carboxylic acids is 2. The van der Waals surface area contributed by atoms with Gasteiger partial charge in [0.05, 0.1) is 6.61 Å². The summed E-state index contributed by atoms with van der Waals surface area (Å²) < 4.78 is 35.6. The van der Waals surface area contributed by atoms with Crippen molar-refractivity contribution in [2.45, 2.75) is 25.9 Å². The van der Waals surface area contributed by atoms with Crippen LogP contribution < -0.4 is 16.3 Å². The van der Waals surface area contributed by atoms with Gasteiger partial charge in [-0.15, -0.1) is 0 Å². The molecule has 4 rings (SSSR count). The van der Waals surface area contributed by atoms with E-state index in [0.29, 0.717) is 6.07 Å². The van der Waals surface area contributed by atoms with Crippen LogP contribution in [0.15, 0.2) is 65.1 Å². The number of aromatic hydroxyl groups is 1. The van der Waals surface area contributed by atoms with Crippen LogP contribution in [0, 0.1) is 11.6 Å². The lowest BCUT2D eigenvalue weighted by atomic mass is 10.2. The van der Waals surface area contributed by atoms with Gasteiger partial charge in [0.1, 0.15) is 23.5 Å². The molecule has 37 heavy (non-hydrogen) atoms. The Labute approximate surface area is 207 Å². The molecule has 0 aliphatic rings. The van der Waals surface area contributed by atoms with Gasteiger partial charge in [0.15, 0.2) is 11.3 Å². The number of ether oxygens (including phenoxy) is 1. The Morgan fingerprint density at radius 2 is 1.97 bits per heavy atom. The molecule has 0 radical (unpaired) electrons. The Hall–Kier alpha value is -4.81. The average Bonchev–Trinajstić information content (AvgIpc) is 3.40. The molecule has 0 aliphatic carbocycles. The van der Waals surface area contributed by atoms with Crippen molar-refractivity contribution < 1.29 is 28.2 Å². The number of halogens is 2. The van der Waals surface area contributed by atoms with Crippen LogP contribution in [-0.4, -0.2) is 42.2 Å². The first kappa shape index (κ1) is 25.3. The van der Waals surface area contributed by atoms with Crippen molar-refractivity contribution >= 4 is 17.5 Å². The molecule has 0 bridgehead atoms. The monoisotopic (exact) mass is 513 g/mol. The second-order valence-electron chi connectivity index (χ2n) is 8.13. The van der Waals surface area contributed by atoms with Gasteiger partial charge in [-0.3, -0.25) is 14.4 Å². The maximum Gasteiger partial charge on any atom is 0.419 e. The molecule has 3 aromatic heterocycles. The maximum atomic E-state index is 13.8. The number of benzene rings is 1. The molecule has 0 unspecified atom stereocenters. The van der Waals surface area contributed by atoms with Crippen molar-refractivity contribution in [1.82, 2.24) is 23.8 Å². The van der Waals surface area contributed by atoms with Crippen molar-refractivity contribution in [3.8, 4) is 5.75 Å². The van der Waals surface area contributed by atoms with E-state index in [1.54, 1.807) is 6.92 Å². The van der Waals surface area contributed by atoms with Crippen LogP contribution in [0.1, 0.15) is 35.3 Å². The number of carbonyl (C=O) groups is 2. The maximum absolute atomic E-state index is 13.8. The first-order valence-electron chi connectivity index (χ1n) is 11.0. The zero-order valence-corrected chi connectivity index (χ0v) is 19.4. The van der Waals surface area contributed by atoms with Crippen LogP contribution >= 0.6 is 0 Å². The summed E-state index contributed by atoms with van der Waals surface area (Å²) in [5.74, 6) is -3.50. The fraction of sp³-hybridized carbons (Fsp3) is 0.208. The molecule has 4 aromatic rings. The number of aromatic nitrogens is 4. The minimum Gasteiger partial charge on any atom is -0.503 e. The normalized spacial score (nSPS) is 11.9. The zero-order chi connectivity index (χ0) is 26.7. The van der Waals surface area contributed by atoms with E-state index in [-0.39, 0.29) is 30.7 Å². The molecule has 3 heterocycles. The highest BCUT2D eigenvalue weighted by Crippen LogP contribution is 2.15. The largest absolute Gasteiger partial charge is 0.503 e. The van der Waals surface area contributed by atoms with E-state index >= 15 is 0 Å². The van der Waals surface area contributed by atoms with Crippen molar-refractivity contribution in [1.29, 1.82) is 0 Å². The molecular formula is C24H21F2N5O6. The molecular weight excluding hydrogens is 492 g/mol. The molecule has 0 saturated heterocycles. The number of hydrogen-bond donors (Lipinski definition) is 2. The van der Waals surface area contributed by atoms with Crippen molar-refractivity contribution in [3.05, 3.63) is 98.8 Å². The summed E-state index contributed by atoms with van der Waals surface area (Å²) in [5, 5.41) is 12.8. The Morgan fingerprint density at radius 3 is 2.68 bits per heavy atom. The van der Waals surface area contributed by atoms with Crippen LogP contribution in [0.2, 0.25) is 0 Å². The standard InChI is InChI=1S/C24H21F2N5O6/c1-14(4-9-37-24(36)30-6-5-27-13-30)31-8-7-29-12-17(20(32)21(33)19(29)23(31)35)22(34)28-11-15-2-3-16(25)10-18(15)26/h2-3,5-8,10,12-14,33H,4,9,11H2,1H3,(H,28,34)/t14-/m1/s1. The number of nitrogens with zero attached hydrogens (tertiary/aromatic N) is 4. The summed E-state index contributed by atoms with van der Waals surface area (Å²) in [6, 6.07) is 2.36. The summed E-state index contributed by atoms with van der Waals surface area (Å²) in [5.41, 5.74) is -2.63. The number of pyridine rings is 1. The van der Waals surface area contributed by atoms with E-state index in [2.05, 4.69) is 10.3 Å². The zero-order valence-electron chi connectivity index (χ0n) is 19.4. The highest BCUT2D eigenvalue weighted by Gasteiger charge is 2.20. The fourth-order valence-corrected chi connectivity index (χ4v) is 3.62. The molecule has 0 aliphatic heterocycles. The quantitative estimate of drug-likeness (QED) is 0.387. The van der Waals surface area contributed by atoms with E-state index in [4.69, 9.17) is 4.74 Å². The first-order chi connectivity index (χ1) is 17.7. The smallest absolute Gasteiger partial charge is 0.419 e. The Kier molecular flexibility index (Phi) is 7.13. The van der Waals surface area contributed by atoms with E-state index < -0.39 is 52.0 Å². The van der Waals surface area contributed by atoms with Gasteiger partial charge in [-0.25, -0.2) is 23.1 Å². The van der Waals surface area contributed by atoms with Gasteiger partial charge in [0, 0.05) is 61.6 Å². The Morgan fingerprint density at radius 1 is 1.19 bits per heavy atom. The van der Waals surface area contributed by atoms with E-state index in [0.717, 1.165) is 27.3 Å². The van der Waals surface area contributed by atoms with E-state index in [1.807, 2.05) is 0 Å². The molecule has 1 amide bonds. The molecule has 11 nitrogen and oxygen atoms in total. The van der Waals surface area contributed by atoms with Gasteiger partial charge in [-0.2, -0.15) is 0 Å². The fourth-order valence-electron chi connectivity index (χ4n) is 3.62. The molecule has 2 N–H and O–H groups in total. The second kappa shape index (κ2) is 10.4. The second-order valence-corrected chi connectivity index (χ2v) is 8.13. The number of imidazole rings is 1. The van der Waals surface area contributed by atoms with E-state index in [9.17, 15) is 33.1 Å². The highest BCUT2D eigenvalue weighted by molar-refractivity contribution is 5.94. The van der Waals surface area contributed by atoms with Crippen molar-refractivity contribution in [3.63, 3.8) is 0 Å². The third kappa shape index (κ3) is 5.24. The van der Waals surface area contributed by atoms with E-state index in [1.165, 1.54) is 35.7 Å². The van der Waals surface area contributed by atoms with Gasteiger partial charge in [0.2, 0.25) is 5.43 Å². The van der Waals surface area contributed by atoms with Crippen molar-refractivity contribution in [2.24, 2.45) is 0 Å². The van der Waals surface area contributed by atoms with Crippen LogP contribution in [0.4, 0.5) is 13.6 Å². The minimum atomic E-state index is -1.09. The van der Waals surface area contributed by atoms with Gasteiger partial charge in [-0.05, 0) is 13.0 Å². The van der Waals surface area contributed by atoms with Crippen LogP contribution in [0.25, 0.3) is 5.52 Å². The lowest BCUT2D eigenvalue weighted by Gasteiger charge is -2.17. The van der Waals surface area contributed by atoms with Crippen LogP contribution in [0.3, 0.4) is 0 Å². The lowest BCUT2D eigenvalue weighted by molar-refractivity contribution is 0.0948. The van der Waals surface area contributed by atoms with Gasteiger partial charge in [-0.1, -0.05) is 6.07 Å². The summed E-state index contributed by atoms with van der Waals surface area (Å²) in [7, 11) is 0. The number of nitrogens with one attached hydrogen (secondary N) is 1. The van der Waals surface area contributed by atoms with Crippen LogP contribution in [-0.2, 0) is 11.3 Å². The van der Waals surface area contributed by atoms with Gasteiger partial charge < -0.3 is 24.1 Å². The lowest BCUT2D eigenvalue weighted by Crippen LogP contribution is -2.31. The summed E-state index contributed by atoms with van der Waals surface area (Å²) in [6.07, 6.45) is 7.61. The number of fused-ring (bicyclic) bond motifs is 1. The van der Waals surface area contributed by atoms with Gasteiger partial charge >= 0.3 is 6.09 Å². The highest BCUT2D eigenvalue weighted by atomic mass is 19.1. The summed E-state index contributed by atoms with van der Waals surface area (Å²) in [6.45, 7) is 1.34. The van der Waals surface area contributed by atoms with Gasteiger partial charge in [0.25, 0.3) is 11.5 Å². The SMILES string of the molecule is C[C@H](CCOC(=O)n1ccnc1)n1ccn2cc(C(=O)NCc3ccc(F)cc3F)c(=O)c(O)c2c1=O.